The van der Waals surface area contributed by atoms with E-state index in [1.165, 1.54) is 0 Å². The number of carbonyl (C=O) groups excluding carboxylic acids is 1. The van der Waals surface area contributed by atoms with Crippen LogP contribution in [0, 0.1) is 0 Å². The topological polar surface area (TPSA) is 75.6 Å². The Hall–Kier alpha value is -4.24. The Morgan fingerprint density at radius 1 is 0.826 bits per heavy atom. The van der Waals surface area contributed by atoms with Crippen LogP contribution in [0.4, 0.5) is 0 Å². The molecule has 0 unspecified atom stereocenters. The van der Waals surface area contributed by atoms with E-state index in [1.54, 1.807) is 14.0 Å². The average Bonchev–Trinajstić information content (AvgIpc) is 3.55. The number of carbonyl (C=O) groups is 1. The number of rotatable bonds is 11. The third-order valence-electron chi connectivity index (χ3n) is 8.97. The van der Waals surface area contributed by atoms with Crippen molar-refractivity contribution in [1.82, 2.24) is 0 Å². The molecule has 0 aromatic heterocycles. The maximum atomic E-state index is 13.5. The van der Waals surface area contributed by atoms with E-state index in [0.29, 0.717) is 5.90 Å². The molecule has 2 aliphatic rings. The molecule has 1 saturated heterocycles. The van der Waals surface area contributed by atoms with Crippen molar-refractivity contribution in [3.05, 3.63) is 126 Å². The van der Waals surface area contributed by atoms with Gasteiger partial charge in [-0.1, -0.05) is 112 Å². The third-order valence-corrected chi connectivity index (χ3v) is 14.0. The minimum Gasteiger partial charge on any atom is -0.497 e. The number of fused-ring (bicyclic) bond motifs is 1. The summed E-state index contributed by atoms with van der Waals surface area (Å²) in [5.74, 6) is 0.759. The molecule has 46 heavy (non-hydrogen) atoms. The second kappa shape index (κ2) is 12.9. The maximum absolute atomic E-state index is 13.5. The van der Waals surface area contributed by atoms with Crippen LogP contribution in [-0.2, 0) is 30.0 Å². The Bertz CT molecular complexity index is 1620. The predicted octanol–water partition coefficient (Wildman–Crippen LogP) is 5.69. The number of methoxy groups -OCH3 is 1. The molecule has 2 heterocycles. The van der Waals surface area contributed by atoms with Gasteiger partial charge in [-0.15, -0.1) is 0 Å². The normalized spacial score (nSPS) is 21.6. The molecule has 0 saturated carbocycles. The molecule has 2 aliphatic heterocycles. The van der Waals surface area contributed by atoms with E-state index in [1.807, 2.05) is 66.7 Å². The van der Waals surface area contributed by atoms with Gasteiger partial charge in [-0.25, -0.2) is 9.79 Å². The van der Waals surface area contributed by atoms with Gasteiger partial charge in [0.25, 0.3) is 8.32 Å². The molecule has 0 N–H and O–H groups in total. The Kier molecular flexibility index (Phi) is 8.88. The van der Waals surface area contributed by atoms with Crippen molar-refractivity contribution < 1.29 is 28.2 Å². The van der Waals surface area contributed by atoms with Crippen molar-refractivity contribution in [1.29, 1.82) is 0 Å². The van der Waals surface area contributed by atoms with Gasteiger partial charge >= 0.3 is 5.97 Å². The van der Waals surface area contributed by atoms with Crippen LogP contribution in [0.25, 0.3) is 0 Å². The van der Waals surface area contributed by atoms with Gasteiger partial charge in [0.2, 0.25) is 5.90 Å². The molecule has 7 nitrogen and oxygen atoms in total. The molecule has 4 aromatic rings. The average molecular weight is 636 g/mol. The fourth-order valence-electron chi connectivity index (χ4n) is 6.51. The second-order valence-electron chi connectivity index (χ2n) is 13.0. The fraction of sp³-hybridized carbons (Fsp3) is 0.316. The zero-order valence-corrected chi connectivity index (χ0v) is 28.0. The number of ether oxygens (including phenoxy) is 4. The Balaban J connectivity index is 1.36. The maximum Gasteiger partial charge on any atom is 0.338 e. The smallest absolute Gasteiger partial charge is 0.338 e. The largest absolute Gasteiger partial charge is 0.497 e. The van der Waals surface area contributed by atoms with Gasteiger partial charge in [-0.05, 0) is 52.2 Å². The summed E-state index contributed by atoms with van der Waals surface area (Å²) in [6.45, 7) is 8.94. The van der Waals surface area contributed by atoms with E-state index < -0.39 is 38.1 Å². The van der Waals surface area contributed by atoms with Crippen molar-refractivity contribution in [2.75, 3.05) is 13.7 Å². The van der Waals surface area contributed by atoms with Crippen LogP contribution >= 0.6 is 0 Å². The Morgan fingerprint density at radius 2 is 1.39 bits per heavy atom. The van der Waals surface area contributed by atoms with E-state index in [-0.39, 0.29) is 18.3 Å². The number of cyclic esters (lactones) is 1. The van der Waals surface area contributed by atoms with Crippen LogP contribution in [0.1, 0.15) is 38.8 Å². The first-order valence-corrected chi connectivity index (χ1v) is 17.6. The van der Waals surface area contributed by atoms with E-state index in [9.17, 15) is 4.79 Å². The number of esters is 1. The summed E-state index contributed by atoms with van der Waals surface area (Å²) < 4.78 is 31.8. The molecular formula is C38H41NO6Si. The lowest BCUT2D eigenvalue weighted by molar-refractivity contribution is -0.153. The fourth-order valence-corrected chi connectivity index (χ4v) is 11.1. The monoisotopic (exact) mass is 635 g/mol. The summed E-state index contributed by atoms with van der Waals surface area (Å²) in [5, 5.41) is 2.07. The van der Waals surface area contributed by atoms with Gasteiger partial charge in [0.05, 0.1) is 20.3 Å². The molecule has 4 atom stereocenters. The summed E-state index contributed by atoms with van der Waals surface area (Å²) in [6, 6.07) is 38.3. The molecule has 4 aromatic carbocycles. The summed E-state index contributed by atoms with van der Waals surface area (Å²) in [4.78, 5) is 18.3. The lowest BCUT2D eigenvalue weighted by Gasteiger charge is -2.44. The number of hydrogen-bond donors (Lipinski definition) is 0. The number of aliphatic imine (C=N–C) groups is 1. The van der Waals surface area contributed by atoms with Gasteiger partial charge in [-0.3, -0.25) is 0 Å². The standard InChI is InChI=1S/C38H41NO6Si/c1-37(2,3)46(30-17-11-7-12-18-30,31-19-13-8-14-20-31)43-26-32(42-25-27-21-23-29(41-5)24-22-27)33-34-38(4,36(40)44-33)39-35(45-34)28-15-9-6-10-16-28/h6-24,32-34H,25-26H2,1-5H3/t32-,33+,34-,38-/m0/s1. The molecule has 1 fully saturated rings. The van der Waals surface area contributed by atoms with Crippen molar-refractivity contribution in [2.24, 2.45) is 4.99 Å². The third kappa shape index (κ3) is 5.88. The van der Waals surface area contributed by atoms with Crippen molar-refractivity contribution in [2.45, 2.75) is 63.2 Å². The van der Waals surface area contributed by atoms with Gasteiger partial charge in [0.1, 0.15) is 11.9 Å². The van der Waals surface area contributed by atoms with Crippen LogP contribution in [0.3, 0.4) is 0 Å². The quantitative estimate of drug-likeness (QED) is 0.156. The predicted molar refractivity (Wildman–Crippen MR) is 181 cm³/mol. The van der Waals surface area contributed by atoms with Gasteiger partial charge < -0.3 is 23.4 Å². The van der Waals surface area contributed by atoms with Gasteiger partial charge in [0, 0.05) is 5.56 Å². The Labute approximate surface area is 272 Å². The van der Waals surface area contributed by atoms with Crippen LogP contribution in [0.2, 0.25) is 5.04 Å². The van der Waals surface area contributed by atoms with Crippen LogP contribution in [0.5, 0.6) is 5.75 Å². The highest BCUT2D eigenvalue weighted by atomic mass is 28.4. The molecule has 0 bridgehead atoms. The first-order chi connectivity index (χ1) is 22.2. The molecule has 0 amide bonds. The zero-order valence-electron chi connectivity index (χ0n) is 27.0. The van der Waals surface area contributed by atoms with Gasteiger partial charge in [0.15, 0.2) is 17.7 Å². The highest BCUT2D eigenvalue weighted by Gasteiger charge is 2.63. The van der Waals surface area contributed by atoms with Crippen molar-refractivity contribution >= 4 is 30.6 Å². The van der Waals surface area contributed by atoms with Gasteiger partial charge in [-0.2, -0.15) is 0 Å². The van der Waals surface area contributed by atoms with Crippen LogP contribution in [-0.4, -0.2) is 57.8 Å². The highest BCUT2D eigenvalue weighted by Crippen LogP contribution is 2.41. The molecule has 8 heteroatoms. The van der Waals surface area contributed by atoms with E-state index in [2.05, 4.69) is 69.3 Å². The molecule has 6 rings (SSSR count). The molecule has 0 radical (unpaired) electrons. The van der Waals surface area contributed by atoms with Crippen LogP contribution in [0.15, 0.2) is 120 Å². The molecule has 0 aliphatic carbocycles. The highest BCUT2D eigenvalue weighted by molar-refractivity contribution is 6.99. The van der Waals surface area contributed by atoms with Crippen molar-refractivity contribution in [3.8, 4) is 5.75 Å². The SMILES string of the molecule is COc1ccc(CO[C@@H](CO[Si](c2ccccc2)(c2ccccc2)C(C)(C)C)[C@H]2OC(=O)[C@@]3(C)N=C(c4ccccc4)O[C@@H]23)cc1. The summed E-state index contributed by atoms with van der Waals surface area (Å²) in [5.41, 5.74) is 0.565. The van der Waals surface area contributed by atoms with E-state index >= 15 is 0 Å². The molecule has 238 valence electrons. The second-order valence-corrected chi connectivity index (χ2v) is 17.3. The molecule has 0 spiro atoms. The number of benzene rings is 4. The lowest BCUT2D eigenvalue weighted by atomic mass is 9.93. The summed E-state index contributed by atoms with van der Waals surface area (Å²) in [6.07, 6.45) is -2.08. The van der Waals surface area contributed by atoms with E-state index in [0.717, 1.165) is 27.2 Å². The molecular weight excluding hydrogens is 595 g/mol. The first kappa shape index (κ1) is 31.7. The first-order valence-electron chi connectivity index (χ1n) is 15.7. The minimum atomic E-state index is -2.93. The minimum absolute atomic E-state index is 0.179. The van der Waals surface area contributed by atoms with E-state index in [4.69, 9.17) is 28.4 Å². The number of hydrogen-bond acceptors (Lipinski definition) is 7. The summed E-state index contributed by atoms with van der Waals surface area (Å²) in [7, 11) is -1.28. The Morgan fingerprint density at radius 3 is 1.93 bits per heavy atom. The van der Waals surface area contributed by atoms with Crippen LogP contribution < -0.4 is 15.1 Å². The number of nitrogens with zero attached hydrogens (tertiary/aromatic N) is 1. The lowest BCUT2D eigenvalue weighted by Crippen LogP contribution is -2.67. The van der Waals surface area contributed by atoms with Crippen molar-refractivity contribution in [3.63, 3.8) is 0 Å². The zero-order chi connectivity index (χ0) is 32.4. The summed E-state index contributed by atoms with van der Waals surface area (Å²) >= 11 is 0.